The summed E-state index contributed by atoms with van der Waals surface area (Å²) in [7, 11) is 0. The summed E-state index contributed by atoms with van der Waals surface area (Å²) in [6.45, 7) is 0. The first-order valence-corrected chi connectivity index (χ1v) is 7.95. The van der Waals surface area contributed by atoms with Crippen LogP contribution in [-0.2, 0) is 0 Å². The molecule has 1 N–H and O–H groups in total. The summed E-state index contributed by atoms with van der Waals surface area (Å²) >= 11 is 1.69. The van der Waals surface area contributed by atoms with Gasteiger partial charge >= 0.3 is 0 Å². The minimum absolute atomic E-state index is 0.536. The van der Waals surface area contributed by atoms with E-state index in [0.717, 1.165) is 17.0 Å². The van der Waals surface area contributed by atoms with Crippen molar-refractivity contribution < 1.29 is 5.11 Å². The van der Waals surface area contributed by atoms with Crippen LogP contribution in [0.1, 0.15) is 41.6 Å². The molecule has 1 nitrogen and oxygen atoms in total. The summed E-state index contributed by atoms with van der Waals surface area (Å²) < 4.78 is 1.19. The van der Waals surface area contributed by atoms with Crippen LogP contribution in [0.25, 0.3) is 10.1 Å². The van der Waals surface area contributed by atoms with Gasteiger partial charge in [0.05, 0.1) is 0 Å². The van der Waals surface area contributed by atoms with Gasteiger partial charge in [-0.1, -0.05) is 42.5 Å². The Bertz CT molecular complexity index is 737. The molecule has 1 atom stereocenters. The van der Waals surface area contributed by atoms with Crippen LogP contribution in [0, 0.1) is 0 Å². The van der Waals surface area contributed by atoms with Crippen LogP contribution in [0.4, 0.5) is 0 Å². The molecule has 1 saturated carbocycles. The zero-order chi connectivity index (χ0) is 13.5. The highest BCUT2D eigenvalue weighted by Crippen LogP contribution is 2.40. The number of hydrogen-bond donors (Lipinski definition) is 1. The smallest absolute Gasteiger partial charge is 0.105 e. The third-order valence-corrected chi connectivity index (χ3v) is 5.08. The quantitative estimate of drug-likeness (QED) is 0.726. The molecule has 1 fully saturated rings. The van der Waals surface area contributed by atoms with Gasteiger partial charge in [-0.2, -0.15) is 0 Å². The van der Waals surface area contributed by atoms with Crippen LogP contribution >= 0.6 is 11.3 Å². The Balaban J connectivity index is 1.71. The van der Waals surface area contributed by atoms with E-state index in [0.29, 0.717) is 0 Å². The van der Waals surface area contributed by atoms with Crippen LogP contribution < -0.4 is 0 Å². The molecule has 1 unspecified atom stereocenters. The molecule has 100 valence electrons. The molecule has 2 heteroatoms. The summed E-state index contributed by atoms with van der Waals surface area (Å²) in [5, 5.41) is 13.9. The first-order valence-electron chi connectivity index (χ1n) is 7.07. The van der Waals surface area contributed by atoms with Crippen molar-refractivity contribution in [1.82, 2.24) is 0 Å². The van der Waals surface area contributed by atoms with E-state index in [1.54, 1.807) is 11.3 Å². The molecule has 1 heterocycles. The molecule has 0 amide bonds. The van der Waals surface area contributed by atoms with E-state index >= 15 is 0 Å². The van der Waals surface area contributed by atoms with E-state index in [1.807, 2.05) is 12.1 Å². The Morgan fingerprint density at radius 3 is 2.55 bits per heavy atom. The lowest BCUT2D eigenvalue weighted by molar-refractivity contribution is 0.222. The van der Waals surface area contributed by atoms with Crippen LogP contribution in [0.3, 0.4) is 0 Å². The standard InChI is InChI=1S/C18H16OS/c19-17(14-8-6-13(7-9-14)12-4-5-12)16-3-1-2-15-10-11-20-18(15)16/h1-3,6-12,17,19H,4-5H2. The molecule has 4 rings (SSSR count). The lowest BCUT2D eigenvalue weighted by atomic mass is 9.98. The van der Waals surface area contributed by atoms with Gasteiger partial charge < -0.3 is 5.11 Å². The highest BCUT2D eigenvalue weighted by atomic mass is 32.1. The van der Waals surface area contributed by atoms with Crippen molar-refractivity contribution in [1.29, 1.82) is 0 Å². The van der Waals surface area contributed by atoms with Gasteiger partial charge in [-0.15, -0.1) is 11.3 Å². The minimum Gasteiger partial charge on any atom is -0.384 e. The molecule has 0 bridgehead atoms. The van der Waals surface area contributed by atoms with Gasteiger partial charge in [-0.25, -0.2) is 0 Å². The third kappa shape index (κ3) is 2.05. The molecule has 0 aliphatic heterocycles. The molecule has 1 aromatic heterocycles. The van der Waals surface area contributed by atoms with Gasteiger partial charge in [0.15, 0.2) is 0 Å². The van der Waals surface area contributed by atoms with Crippen molar-refractivity contribution in [2.24, 2.45) is 0 Å². The van der Waals surface area contributed by atoms with Crippen LogP contribution in [0.5, 0.6) is 0 Å². The molecule has 2 aromatic carbocycles. The highest BCUT2D eigenvalue weighted by Gasteiger charge is 2.23. The number of rotatable bonds is 3. The molecule has 0 radical (unpaired) electrons. The van der Waals surface area contributed by atoms with Crippen LogP contribution in [-0.4, -0.2) is 5.11 Å². The average Bonchev–Trinajstić information content (AvgIpc) is 3.23. The van der Waals surface area contributed by atoms with Gasteiger partial charge in [-0.05, 0) is 46.7 Å². The maximum Gasteiger partial charge on any atom is 0.105 e. The lowest BCUT2D eigenvalue weighted by Gasteiger charge is -2.13. The van der Waals surface area contributed by atoms with Gasteiger partial charge in [-0.3, -0.25) is 0 Å². The summed E-state index contributed by atoms with van der Waals surface area (Å²) in [6.07, 6.45) is 2.10. The molecular formula is C18H16OS. The van der Waals surface area contributed by atoms with E-state index < -0.39 is 6.10 Å². The van der Waals surface area contributed by atoms with Crippen LogP contribution in [0.15, 0.2) is 53.9 Å². The largest absolute Gasteiger partial charge is 0.384 e. The molecule has 3 aromatic rings. The maximum atomic E-state index is 10.7. The molecule has 1 aliphatic rings. The molecule has 1 aliphatic carbocycles. The van der Waals surface area contributed by atoms with Crippen molar-refractivity contribution in [3.8, 4) is 0 Å². The second-order valence-corrected chi connectivity index (χ2v) is 6.45. The zero-order valence-corrected chi connectivity index (χ0v) is 11.9. The van der Waals surface area contributed by atoms with E-state index in [4.69, 9.17) is 0 Å². The van der Waals surface area contributed by atoms with Crippen molar-refractivity contribution >= 4 is 21.4 Å². The van der Waals surface area contributed by atoms with E-state index in [9.17, 15) is 5.11 Å². The zero-order valence-electron chi connectivity index (χ0n) is 11.1. The van der Waals surface area contributed by atoms with E-state index in [2.05, 4.69) is 41.8 Å². The van der Waals surface area contributed by atoms with Gasteiger partial charge in [0.1, 0.15) is 6.10 Å². The predicted octanol–water partition coefficient (Wildman–Crippen LogP) is 4.86. The summed E-state index contributed by atoms with van der Waals surface area (Å²) in [4.78, 5) is 0. The third-order valence-electron chi connectivity index (χ3n) is 4.10. The average molecular weight is 280 g/mol. The summed E-state index contributed by atoms with van der Waals surface area (Å²) in [6, 6.07) is 16.7. The Hall–Kier alpha value is -1.64. The normalized spacial score (nSPS) is 16.4. The molecule has 0 spiro atoms. The Labute approximate surface area is 122 Å². The van der Waals surface area contributed by atoms with Crippen molar-refractivity contribution in [3.63, 3.8) is 0 Å². The summed E-state index contributed by atoms with van der Waals surface area (Å²) in [5.74, 6) is 0.766. The highest BCUT2D eigenvalue weighted by molar-refractivity contribution is 7.17. The number of aliphatic hydroxyl groups is 1. The first-order chi connectivity index (χ1) is 9.83. The maximum absolute atomic E-state index is 10.7. The van der Waals surface area contributed by atoms with Gasteiger partial charge in [0, 0.05) is 10.3 Å². The Kier molecular flexibility index (Phi) is 2.86. The second kappa shape index (κ2) is 4.72. The fraction of sp³-hybridized carbons (Fsp3) is 0.222. The first kappa shape index (κ1) is 12.1. The minimum atomic E-state index is -0.536. The molecule has 0 saturated heterocycles. The van der Waals surface area contributed by atoms with Crippen LogP contribution in [0.2, 0.25) is 0 Å². The SMILES string of the molecule is OC(c1ccc(C2CC2)cc1)c1cccc2ccsc12. The predicted molar refractivity (Wildman–Crippen MR) is 84.3 cm³/mol. The van der Waals surface area contributed by atoms with Gasteiger partial charge in [0.25, 0.3) is 0 Å². The number of fused-ring (bicyclic) bond motifs is 1. The van der Waals surface area contributed by atoms with Gasteiger partial charge in [0.2, 0.25) is 0 Å². The second-order valence-electron chi connectivity index (χ2n) is 5.53. The number of hydrogen-bond acceptors (Lipinski definition) is 2. The fourth-order valence-electron chi connectivity index (χ4n) is 2.78. The monoisotopic (exact) mass is 280 g/mol. The van der Waals surface area contributed by atoms with E-state index in [-0.39, 0.29) is 0 Å². The van der Waals surface area contributed by atoms with E-state index in [1.165, 1.54) is 28.5 Å². The topological polar surface area (TPSA) is 20.2 Å². The number of thiophene rings is 1. The fourth-order valence-corrected chi connectivity index (χ4v) is 3.72. The van der Waals surface area contributed by atoms with Crippen molar-refractivity contribution in [2.75, 3.05) is 0 Å². The Morgan fingerprint density at radius 1 is 1.00 bits per heavy atom. The van der Waals surface area contributed by atoms with Crippen molar-refractivity contribution in [2.45, 2.75) is 24.9 Å². The lowest BCUT2D eigenvalue weighted by Crippen LogP contribution is -1.99. The molecular weight excluding hydrogens is 264 g/mol. The number of benzene rings is 2. The molecule has 20 heavy (non-hydrogen) atoms. The summed E-state index contributed by atoms with van der Waals surface area (Å²) in [5.41, 5.74) is 3.40. The van der Waals surface area contributed by atoms with Crippen molar-refractivity contribution in [3.05, 3.63) is 70.6 Å². The Morgan fingerprint density at radius 2 is 1.80 bits per heavy atom. The number of aliphatic hydroxyl groups excluding tert-OH is 1.